The van der Waals surface area contributed by atoms with Gasteiger partial charge < -0.3 is 9.67 Å². The maximum atomic E-state index is 12.0. The fraction of sp³-hybridized carbons (Fsp3) is 0.462. The van der Waals surface area contributed by atoms with Crippen LogP contribution in [-0.2, 0) is 29.4 Å². The number of imidazole rings is 1. The molecule has 0 spiro atoms. The number of amides is 1. The van der Waals surface area contributed by atoms with Crippen molar-refractivity contribution < 1.29 is 18.3 Å². The van der Waals surface area contributed by atoms with Gasteiger partial charge in [0.2, 0.25) is 10.0 Å². The average molecular weight is 512 g/mol. The molecule has 36 heavy (non-hydrogen) atoms. The normalized spacial score (nSPS) is 19.5. The molecular weight excluding hydrogens is 478 g/mol. The third kappa shape index (κ3) is 4.85. The first kappa shape index (κ1) is 24.7. The smallest absolute Gasteiger partial charge is 0.412 e. The Morgan fingerprint density at radius 3 is 2.44 bits per heavy atom. The van der Waals surface area contributed by atoms with Gasteiger partial charge in [-0.2, -0.15) is 4.31 Å². The second-order valence-electron chi connectivity index (χ2n) is 9.82. The Hall–Kier alpha value is -2.95. The van der Waals surface area contributed by atoms with Crippen LogP contribution in [0.3, 0.4) is 0 Å². The second kappa shape index (κ2) is 9.84. The molecule has 1 aromatic heterocycles. The number of hydrogen-bond donors (Lipinski definition) is 1. The lowest BCUT2D eigenvalue weighted by molar-refractivity contribution is 0.183. The molecule has 3 aromatic rings. The van der Waals surface area contributed by atoms with E-state index in [1.165, 1.54) is 16.7 Å². The van der Waals surface area contributed by atoms with Crippen LogP contribution >= 0.6 is 0 Å². The molecule has 1 fully saturated rings. The molecule has 10 heteroatoms. The van der Waals surface area contributed by atoms with Gasteiger partial charge in [0.05, 0.1) is 23.0 Å². The first-order chi connectivity index (χ1) is 17.2. The highest BCUT2D eigenvalue weighted by molar-refractivity contribution is 7.88. The molecule has 5 rings (SSSR count). The molecule has 9 nitrogen and oxygen atoms in total. The number of anilines is 1. The monoisotopic (exact) mass is 511 g/mol. The van der Waals surface area contributed by atoms with Crippen LogP contribution < -0.4 is 4.90 Å². The number of fused-ring (bicyclic) bond motifs is 3. The fourth-order valence-electron chi connectivity index (χ4n) is 5.46. The molecule has 2 aliphatic heterocycles. The molecule has 1 unspecified atom stereocenters. The molecular formula is C26H33N5O4S. The van der Waals surface area contributed by atoms with Crippen LogP contribution in [0.15, 0.2) is 42.5 Å². The summed E-state index contributed by atoms with van der Waals surface area (Å²) in [6.07, 6.45) is 2.59. The number of hydrogen-bond acceptors (Lipinski definition) is 5. The molecule has 0 radical (unpaired) electrons. The lowest BCUT2D eigenvalue weighted by Crippen LogP contribution is -2.48. The van der Waals surface area contributed by atoms with Gasteiger partial charge in [-0.05, 0) is 37.5 Å². The van der Waals surface area contributed by atoms with Crippen LogP contribution in [0.2, 0.25) is 0 Å². The summed E-state index contributed by atoms with van der Waals surface area (Å²) < 4.78 is 27.5. The van der Waals surface area contributed by atoms with E-state index in [0.717, 1.165) is 54.0 Å². The topological polar surface area (TPSA) is 99.0 Å². The van der Waals surface area contributed by atoms with Gasteiger partial charge in [0.15, 0.2) is 0 Å². The highest BCUT2D eigenvalue weighted by Crippen LogP contribution is 2.36. The first-order valence-electron chi connectivity index (χ1n) is 12.5. The standard InChI is InChI=1S/C26H33N5O4S/c1-19-8-9-21-22(31(19)26(32)33)10-11-23-25(21)27-24(18-20-6-4-3-5-7-20)30(23)17-14-28-12-15-29(16-13-28)36(2,34)35/h3-7,10-11,19H,8-9,12-18H2,1-2H3,(H,32,33). The van der Waals surface area contributed by atoms with Crippen molar-refractivity contribution in [1.82, 2.24) is 18.8 Å². The maximum Gasteiger partial charge on any atom is 0.412 e. The number of benzene rings is 2. The predicted molar refractivity (Wildman–Crippen MR) is 140 cm³/mol. The average Bonchev–Trinajstić information content (AvgIpc) is 3.19. The second-order valence-corrected chi connectivity index (χ2v) is 11.8. The molecule has 3 heterocycles. The van der Waals surface area contributed by atoms with Crippen molar-refractivity contribution >= 4 is 32.8 Å². The Kier molecular flexibility index (Phi) is 6.76. The summed E-state index contributed by atoms with van der Waals surface area (Å²) in [6, 6.07) is 14.1. The summed E-state index contributed by atoms with van der Waals surface area (Å²) in [5, 5.41) is 9.83. The maximum absolute atomic E-state index is 12.0. The van der Waals surface area contributed by atoms with Crippen molar-refractivity contribution in [3.63, 3.8) is 0 Å². The third-order valence-corrected chi connectivity index (χ3v) is 8.75. The Balaban J connectivity index is 1.47. The summed E-state index contributed by atoms with van der Waals surface area (Å²) in [5.41, 5.74) is 4.82. The number of carbonyl (C=O) groups is 1. The predicted octanol–water partition coefficient (Wildman–Crippen LogP) is 3.02. The SMILES string of the molecule is CC1CCc2c(ccc3c2nc(Cc2ccccc2)n3CCN2CCN(S(C)(=O)=O)CC2)N1C(=O)O. The van der Waals surface area contributed by atoms with E-state index < -0.39 is 16.1 Å². The van der Waals surface area contributed by atoms with Crippen LogP contribution in [0.5, 0.6) is 0 Å². The number of nitrogens with zero attached hydrogens (tertiary/aromatic N) is 5. The molecule has 0 bridgehead atoms. The number of aryl methyl sites for hydroxylation is 1. The minimum atomic E-state index is -3.16. The lowest BCUT2D eigenvalue weighted by atomic mass is 9.96. The molecule has 0 saturated carbocycles. The summed E-state index contributed by atoms with van der Waals surface area (Å²) in [7, 11) is -3.16. The van der Waals surface area contributed by atoms with Crippen molar-refractivity contribution in [2.45, 2.75) is 38.8 Å². The van der Waals surface area contributed by atoms with Gasteiger partial charge in [-0.1, -0.05) is 30.3 Å². The zero-order valence-corrected chi connectivity index (χ0v) is 21.6. The van der Waals surface area contributed by atoms with E-state index in [2.05, 4.69) is 21.6 Å². The van der Waals surface area contributed by atoms with Crippen LogP contribution in [-0.4, -0.2) is 83.4 Å². The van der Waals surface area contributed by atoms with Crippen LogP contribution in [0.25, 0.3) is 11.0 Å². The van der Waals surface area contributed by atoms with Crippen LogP contribution in [0, 0.1) is 0 Å². The lowest BCUT2D eigenvalue weighted by Gasteiger charge is -2.33. The summed E-state index contributed by atoms with van der Waals surface area (Å²) in [6.45, 7) is 5.90. The molecule has 2 aliphatic rings. The van der Waals surface area contributed by atoms with Crippen molar-refractivity contribution in [3.8, 4) is 0 Å². The van der Waals surface area contributed by atoms with Crippen molar-refractivity contribution in [1.29, 1.82) is 0 Å². The summed E-state index contributed by atoms with van der Waals surface area (Å²) in [4.78, 5) is 20.8. The quantitative estimate of drug-likeness (QED) is 0.546. The molecule has 1 atom stereocenters. The van der Waals surface area contributed by atoms with E-state index in [0.29, 0.717) is 32.6 Å². The Morgan fingerprint density at radius 1 is 1.06 bits per heavy atom. The number of rotatable bonds is 6. The Morgan fingerprint density at radius 2 is 1.78 bits per heavy atom. The minimum absolute atomic E-state index is 0.0658. The molecule has 1 saturated heterocycles. The van der Waals surface area contributed by atoms with E-state index in [4.69, 9.17) is 4.98 Å². The van der Waals surface area contributed by atoms with Crippen molar-refractivity contribution in [2.75, 3.05) is 43.9 Å². The van der Waals surface area contributed by atoms with Gasteiger partial charge in [0.25, 0.3) is 0 Å². The molecule has 192 valence electrons. The van der Waals surface area contributed by atoms with Gasteiger partial charge in [-0.3, -0.25) is 9.80 Å². The van der Waals surface area contributed by atoms with Gasteiger partial charge in [-0.15, -0.1) is 0 Å². The van der Waals surface area contributed by atoms with Crippen molar-refractivity contribution in [2.24, 2.45) is 0 Å². The van der Waals surface area contributed by atoms with Crippen molar-refractivity contribution in [3.05, 3.63) is 59.4 Å². The van der Waals surface area contributed by atoms with E-state index in [9.17, 15) is 18.3 Å². The number of sulfonamides is 1. The number of aromatic nitrogens is 2. The van der Waals surface area contributed by atoms with E-state index in [1.807, 2.05) is 37.3 Å². The fourth-order valence-corrected chi connectivity index (χ4v) is 6.28. The van der Waals surface area contributed by atoms with E-state index in [-0.39, 0.29) is 6.04 Å². The van der Waals surface area contributed by atoms with E-state index >= 15 is 0 Å². The zero-order valence-electron chi connectivity index (χ0n) is 20.8. The summed E-state index contributed by atoms with van der Waals surface area (Å²) in [5.74, 6) is 0.958. The number of piperazine rings is 1. The highest BCUT2D eigenvalue weighted by atomic mass is 32.2. The van der Waals surface area contributed by atoms with Gasteiger partial charge in [0.1, 0.15) is 5.82 Å². The van der Waals surface area contributed by atoms with Crippen LogP contribution in [0.4, 0.5) is 10.5 Å². The molecule has 2 aromatic carbocycles. The van der Waals surface area contributed by atoms with Gasteiger partial charge in [0, 0.05) is 57.3 Å². The van der Waals surface area contributed by atoms with E-state index in [1.54, 1.807) is 4.31 Å². The molecule has 1 N–H and O–H groups in total. The zero-order chi connectivity index (χ0) is 25.4. The molecule has 0 aliphatic carbocycles. The number of carboxylic acid groups (broad SMARTS) is 1. The molecule has 1 amide bonds. The van der Waals surface area contributed by atoms with Crippen LogP contribution in [0.1, 0.15) is 30.3 Å². The van der Waals surface area contributed by atoms with Gasteiger partial charge in [-0.25, -0.2) is 18.2 Å². The van der Waals surface area contributed by atoms with Gasteiger partial charge >= 0.3 is 6.09 Å². The third-order valence-electron chi connectivity index (χ3n) is 7.44. The Bertz CT molecular complexity index is 1360. The highest BCUT2D eigenvalue weighted by Gasteiger charge is 2.31. The Labute approximate surface area is 212 Å². The summed E-state index contributed by atoms with van der Waals surface area (Å²) >= 11 is 0. The first-order valence-corrected chi connectivity index (χ1v) is 14.3. The minimum Gasteiger partial charge on any atom is -0.465 e. The largest absolute Gasteiger partial charge is 0.465 e.